The predicted octanol–water partition coefficient (Wildman–Crippen LogP) is 3.69. The van der Waals surface area contributed by atoms with Crippen LogP contribution < -0.4 is 14.9 Å². The number of aromatic nitrogens is 2. The molecule has 0 radical (unpaired) electrons. The SMILES string of the molecule is CNCc1cc(-c2ccccc2NS(=O)(=O)c2ccc3c(c2)N(C)CCC3)n(S(=O)(=O)c2cccnc2)c1. The van der Waals surface area contributed by atoms with Gasteiger partial charge in [-0.3, -0.25) is 9.71 Å². The molecule has 0 amide bonds. The molecule has 2 aromatic carbocycles. The van der Waals surface area contributed by atoms with Gasteiger partial charge in [0.1, 0.15) is 4.90 Å². The van der Waals surface area contributed by atoms with Gasteiger partial charge < -0.3 is 10.2 Å². The van der Waals surface area contributed by atoms with Crippen LogP contribution in [-0.4, -0.2) is 46.4 Å². The van der Waals surface area contributed by atoms with Gasteiger partial charge in [-0.05, 0) is 67.4 Å². The van der Waals surface area contributed by atoms with Crippen molar-refractivity contribution in [1.29, 1.82) is 0 Å². The zero-order valence-corrected chi connectivity index (χ0v) is 22.8. The quantitative estimate of drug-likeness (QED) is 0.343. The smallest absolute Gasteiger partial charge is 0.269 e. The molecular formula is C27H29N5O4S2. The van der Waals surface area contributed by atoms with E-state index >= 15 is 0 Å². The Morgan fingerprint density at radius 3 is 2.55 bits per heavy atom. The average Bonchev–Trinajstić information content (AvgIpc) is 3.34. The van der Waals surface area contributed by atoms with Gasteiger partial charge in [0.25, 0.3) is 20.0 Å². The zero-order chi connectivity index (χ0) is 26.9. The van der Waals surface area contributed by atoms with E-state index in [-0.39, 0.29) is 15.5 Å². The third kappa shape index (κ3) is 4.92. The number of nitrogens with one attached hydrogen (secondary N) is 2. The Hall–Kier alpha value is -3.67. The molecule has 0 saturated carbocycles. The van der Waals surface area contributed by atoms with E-state index in [0.29, 0.717) is 17.8 Å². The fraction of sp³-hybridized carbons (Fsp3) is 0.222. The molecule has 1 aliphatic heterocycles. The average molecular weight is 552 g/mol. The minimum atomic E-state index is -4.00. The van der Waals surface area contributed by atoms with E-state index in [1.165, 1.54) is 22.4 Å². The minimum absolute atomic E-state index is 0.0316. The first kappa shape index (κ1) is 26.0. The highest BCUT2D eigenvalue weighted by molar-refractivity contribution is 7.92. The van der Waals surface area contributed by atoms with Gasteiger partial charge in [0.2, 0.25) is 0 Å². The molecule has 0 bridgehead atoms. The lowest BCUT2D eigenvalue weighted by atomic mass is 10.0. The molecule has 198 valence electrons. The standard InChI is InChI=1S/C27H29N5O4S2/c1-28-17-20-15-27(32(19-20)38(35,36)23-8-5-13-29-18-23)24-9-3-4-10-25(24)30-37(33,34)22-12-11-21-7-6-14-31(2)26(21)16-22/h3-5,8-13,15-16,18-19,28,30H,6-7,14,17H2,1-2H3. The fourth-order valence-electron chi connectivity index (χ4n) is 4.71. The Kier molecular flexibility index (Phi) is 6.99. The first-order valence-corrected chi connectivity index (χ1v) is 15.1. The number of pyridine rings is 1. The number of benzene rings is 2. The number of rotatable bonds is 8. The molecule has 0 fully saturated rings. The Morgan fingerprint density at radius 1 is 0.974 bits per heavy atom. The van der Waals surface area contributed by atoms with Gasteiger partial charge in [-0.2, -0.15) is 0 Å². The molecule has 0 spiro atoms. The summed E-state index contributed by atoms with van der Waals surface area (Å²) >= 11 is 0. The molecule has 1 aliphatic rings. The van der Waals surface area contributed by atoms with Crippen molar-refractivity contribution in [3.8, 4) is 11.3 Å². The Morgan fingerprint density at radius 2 is 1.79 bits per heavy atom. The van der Waals surface area contributed by atoms with Crippen molar-refractivity contribution >= 4 is 31.4 Å². The highest BCUT2D eigenvalue weighted by Crippen LogP contribution is 2.34. The summed E-state index contributed by atoms with van der Waals surface area (Å²) in [5.41, 5.74) is 3.79. The molecule has 2 N–H and O–H groups in total. The third-order valence-electron chi connectivity index (χ3n) is 6.58. The summed E-state index contributed by atoms with van der Waals surface area (Å²) in [4.78, 5) is 6.20. The number of hydrogen-bond donors (Lipinski definition) is 2. The second kappa shape index (κ2) is 10.2. The van der Waals surface area contributed by atoms with Crippen LogP contribution in [0.1, 0.15) is 17.5 Å². The number of anilines is 2. The molecule has 38 heavy (non-hydrogen) atoms. The van der Waals surface area contributed by atoms with Crippen molar-refractivity contribution < 1.29 is 16.8 Å². The zero-order valence-electron chi connectivity index (χ0n) is 21.1. The first-order chi connectivity index (χ1) is 18.2. The summed E-state index contributed by atoms with van der Waals surface area (Å²) < 4.78 is 58.1. The molecule has 2 aromatic heterocycles. The summed E-state index contributed by atoms with van der Waals surface area (Å²) in [7, 11) is -4.24. The molecule has 0 atom stereocenters. The maximum Gasteiger partial charge on any atom is 0.269 e. The fourth-order valence-corrected chi connectivity index (χ4v) is 7.17. The predicted molar refractivity (Wildman–Crippen MR) is 148 cm³/mol. The van der Waals surface area contributed by atoms with Crippen LogP contribution in [0.15, 0.2) is 89.0 Å². The first-order valence-electron chi connectivity index (χ1n) is 12.2. The summed E-state index contributed by atoms with van der Waals surface area (Å²) in [5.74, 6) is 0. The summed E-state index contributed by atoms with van der Waals surface area (Å²) in [6.45, 7) is 1.29. The van der Waals surface area contributed by atoms with Crippen LogP contribution in [0.4, 0.5) is 11.4 Å². The van der Waals surface area contributed by atoms with E-state index in [1.54, 1.807) is 61.8 Å². The van der Waals surface area contributed by atoms with Gasteiger partial charge >= 0.3 is 0 Å². The number of fused-ring (bicyclic) bond motifs is 1. The normalized spacial score (nSPS) is 13.8. The monoisotopic (exact) mass is 551 g/mol. The number of nitrogens with zero attached hydrogens (tertiary/aromatic N) is 3. The Bertz CT molecular complexity index is 1680. The third-order valence-corrected chi connectivity index (χ3v) is 9.60. The highest BCUT2D eigenvalue weighted by Gasteiger charge is 2.25. The van der Waals surface area contributed by atoms with Crippen molar-refractivity contribution in [2.75, 3.05) is 30.3 Å². The molecule has 5 rings (SSSR count). The molecule has 0 aliphatic carbocycles. The van der Waals surface area contributed by atoms with Gasteiger partial charge in [0.05, 0.1) is 16.3 Å². The minimum Gasteiger partial charge on any atom is -0.374 e. The van der Waals surface area contributed by atoms with Crippen LogP contribution in [0.2, 0.25) is 0 Å². The van der Waals surface area contributed by atoms with Gasteiger partial charge in [0.15, 0.2) is 0 Å². The highest BCUT2D eigenvalue weighted by atomic mass is 32.2. The van der Waals surface area contributed by atoms with E-state index in [2.05, 4.69) is 19.9 Å². The van der Waals surface area contributed by atoms with Crippen LogP contribution >= 0.6 is 0 Å². The molecule has 4 aromatic rings. The number of sulfonamides is 1. The number of aryl methyl sites for hydroxylation is 1. The number of hydrogen-bond acceptors (Lipinski definition) is 7. The van der Waals surface area contributed by atoms with E-state index in [1.807, 2.05) is 13.1 Å². The molecular weight excluding hydrogens is 522 g/mol. The lowest BCUT2D eigenvalue weighted by Crippen LogP contribution is -2.25. The van der Waals surface area contributed by atoms with Gasteiger partial charge in [-0.1, -0.05) is 24.3 Å². The maximum absolute atomic E-state index is 13.6. The number of para-hydroxylation sites is 1. The Balaban J connectivity index is 1.58. The second-order valence-electron chi connectivity index (χ2n) is 9.22. The van der Waals surface area contributed by atoms with E-state index in [4.69, 9.17) is 0 Å². The van der Waals surface area contributed by atoms with Crippen molar-refractivity contribution in [3.63, 3.8) is 0 Å². The molecule has 11 heteroatoms. The summed E-state index contributed by atoms with van der Waals surface area (Å²) in [6, 6.07) is 16.7. The van der Waals surface area contributed by atoms with E-state index in [9.17, 15) is 16.8 Å². The van der Waals surface area contributed by atoms with Crippen LogP contribution in [0, 0.1) is 0 Å². The van der Waals surface area contributed by atoms with Gasteiger partial charge in [-0.15, -0.1) is 0 Å². The lowest BCUT2D eigenvalue weighted by molar-refractivity contribution is 0.587. The lowest BCUT2D eigenvalue weighted by Gasteiger charge is -2.28. The van der Waals surface area contributed by atoms with Crippen LogP contribution in [0.25, 0.3) is 11.3 Å². The van der Waals surface area contributed by atoms with Crippen LogP contribution in [0.3, 0.4) is 0 Å². The van der Waals surface area contributed by atoms with Crippen molar-refractivity contribution in [2.45, 2.75) is 29.2 Å². The van der Waals surface area contributed by atoms with Crippen molar-refractivity contribution in [3.05, 3.63) is 90.4 Å². The molecule has 3 heterocycles. The van der Waals surface area contributed by atoms with Crippen LogP contribution in [-0.2, 0) is 33.0 Å². The summed E-state index contributed by atoms with van der Waals surface area (Å²) in [6.07, 6.45) is 6.27. The topological polar surface area (TPSA) is 113 Å². The van der Waals surface area contributed by atoms with E-state index in [0.717, 1.165) is 36.2 Å². The molecule has 0 saturated heterocycles. The van der Waals surface area contributed by atoms with Gasteiger partial charge in [0, 0.05) is 50.0 Å². The molecule has 9 nitrogen and oxygen atoms in total. The molecule has 0 unspecified atom stereocenters. The van der Waals surface area contributed by atoms with E-state index < -0.39 is 20.0 Å². The summed E-state index contributed by atoms with van der Waals surface area (Å²) in [5, 5.41) is 3.03. The van der Waals surface area contributed by atoms with Gasteiger partial charge in [-0.25, -0.2) is 20.8 Å². The second-order valence-corrected chi connectivity index (χ2v) is 12.7. The largest absolute Gasteiger partial charge is 0.374 e. The van der Waals surface area contributed by atoms with Crippen LogP contribution in [0.5, 0.6) is 0 Å². The maximum atomic E-state index is 13.6. The van der Waals surface area contributed by atoms with Crippen molar-refractivity contribution in [2.24, 2.45) is 0 Å². The Labute approximate surface area is 223 Å². The van der Waals surface area contributed by atoms with Crippen molar-refractivity contribution in [1.82, 2.24) is 14.3 Å².